The Kier molecular flexibility index (Phi) is 5.19. The second-order valence-electron chi connectivity index (χ2n) is 6.34. The fourth-order valence-electron chi connectivity index (χ4n) is 2.57. The van der Waals surface area contributed by atoms with Crippen molar-refractivity contribution in [3.63, 3.8) is 0 Å². The molecule has 1 fully saturated rings. The van der Waals surface area contributed by atoms with Crippen LogP contribution in [0.4, 0.5) is 0 Å². The van der Waals surface area contributed by atoms with Gasteiger partial charge in [0, 0.05) is 19.6 Å². The molecule has 1 heterocycles. The van der Waals surface area contributed by atoms with Crippen LogP contribution in [0.3, 0.4) is 0 Å². The van der Waals surface area contributed by atoms with Crippen molar-refractivity contribution >= 4 is 15.8 Å². The van der Waals surface area contributed by atoms with Gasteiger partial charge in [-0.15, -0.1) is 0 Å². The molecule has 1 saturated heterocycles. The number of aliphatic imine (C=N–C) groups is 1. The number of phenols is 1. The van der Waals surface area contributed by atoms with Crippen LogP contribution in [0, 0.1) is 0 Å². The molecule has 0 atom stereocenters. The van der Waals surface area contributed by atoms with E-state index < -0.39 is 14.6 Å². The molecule has 1 aliphatic heterocycles. The molecule has 128 valence electrons. The van der Waals surface area contributed by atoms with Gasteiger partial charge < -0.3 is 15.3 Å². The van der Waals surface area contributed by atoms with Crippen LogP contribution in [-0.4, -0.2) is 54.5 Å². The van der Waals surface area contributed by atoms with Gasteiger partial charge >= 0.3 is 0 Å². The predicted octanol–water partition coefficient (Wildman–Crippen LogP) is 1.37. The smallest absolute Gasteiger partial charge is 0.194 e. The van der Waals surface area contributed by atoms with E-state index in [2.05, 4.69) is 10.3 Å². The van der Waals surface area contributed by atoms with Crippen molar-refractivity contribution in [2.24, 2.45) is 4.99 Å². The van der Waals surface area contributed by atoms with E-state index in [0.717, 1.165) is 5.56 Å². The molecule has 1 aliphatic rings. The lowest BCUT2D eigenvalue weighted by Gasteiger charge is -2.39. The Morgan fingerprint density at radius 2 is 2.17 bits per heavy atom. The third-order valence-corrected chi connectivity index (χ3v) is 6.53. The number of nitrogens with one attached hydrogen (secondary N) is 1. The molecule has 0 aliphatic carbocycles. The predicted molar refractivity (Wildman–Crippen MR) is 92.4 cm³/mol. The molecular weight excluding hydrogens is 314 g/mol. The van der Waals surface area contributed by atoms with Gasteiger partial charge in [0.15, 0.2) is 15.8 Å². The molecular formula is C16H25N3O3S. The fourth-order valence-corrected chi connectivity index (χ4v) is 3.94. The first-order valence-corrected chi connectivity index (χ1v) is 9.44. The Bertz CT molecular complexity index is 684. The van der Waals surface area contributed by atoms with Crippen molar-refractivity contribution in [1.82, 2.24) is 10.2 Å². The van der Waals surface area contributed by atoms with Crippen molar-refractivity contribution < 1.29 is 13.5 Å². The molecule has 1 aromatic rings. The second-order valence-corrected chi connectivity index (χ2v) is 9.08. The van der Waals surface area contributed by atoms with Crippen molar-refractivity contribution in [3.8, 4) is 5.75 Å². The summed E-state index contributed by atoms with van der Waals surface area (Å²) in [6.07, 6.45) is 0. The van der Waals surface area contributed by atoms with Crippen LogP contribution in [0.5, 0.6) is 5.75 Å². The highest BCUT2D eigenvalue weighted by Crippen LogP contribution is 2.23. The molecule has 1 aromatic carbocycles. The minimum atomic E-state index is -3.07. The summed E-state index contributed by atoms with van der Waals surface area (Å²) in [7, 11) is -3.07. The number of guanidine groups is 1. The van der Waals surface area contributed by atoms with Gasteiger partial charge in [-0.3, -0.25) is 0 Å². The zero-order valence-electron chi connectivity index (χ0n) is 13.9. The summed E-state index contributed by atoms with van der Waals surface area (Å²) in [5, 5.41) is 12.7. The van der Waals surface area contributed by atoms with Gasteiger partial charge in [-0.2, -0.15) is 0 Å². The number of rotatable bonds is 3. The normalized spacial score (nSPS) is 20.3. The average molecular weight is 339 g/mol. The van der Waals surface area contributed by atoms with Crippen molar-refractivity contribution in [2.75, 3.05) is 25.4 Å². The van der Waals surface area contributed by atoms with Crippen molar-refractivity contribution in [2.45, 2.75) is 32.1 Å². The Hall–Kier alpha value is -1.76. The molecule has 0 bridgehead atoms. The molecule has 2 rings (SSSR count). The highest BCUT2D eigenvalue weighted by Gasteiger charge is 2.40. The summed E-state index contributed by atoms with van der Waals surface area (Å²) in [4.78, 5) is 6.58. The molecule has 7 heteroatoms. The van der Waals surface area contributed by atoms with Crippen LogP contribution in [0.1, 0.15) is 26.3 Å². The van der Waals surface area contributed by atoms with Gasteiger partial charge in [-0.1, -0.05) is 12.1 Å². The lowest BCUT2D eigenvalue weighted by molar-refractivity contribution is 0.353. The Balaban J connectivity index is 2.16. The topological polar surface area (TPSA) is 82.0 Å². The molecule has 6 nitrogen and oxygen atoms in total. The molecule has 0 amide bonds. The van der Waals surface area contributed by atoms with E-state index in [1.807, 2.05) is 17.9 Å². The van der Waals surface area contributed by atoms with E-state index in [1.54, 1.807) is 32.0 Å². The molecule has 2 N–H and O–H groups in total. The minimum Gasteiger partial charge on any atom is -0.508 e. The van der Waals surface area contributed by atoms with Crippen molar-refractivity contribution in [1.29, 1.82) is 0 Å². The first kappa shape index (κ1) is 17.6. The maximum absolute atomic E-state index is 12.1. The van der Waals surface area contributed by atoms with Crippen LogP contribution >= 0.6 is 0 Å². The Labute approximate surface area is 138 Å². The molecule has 0 spiro atoms. The maximum Gasteiger partial charge on any atom is 0.194 e. The van der Waals surface area contributed by atoms with E-state index in [-0.39, 0.29) is 11.5 Å². The van der Waals surface area contributed by atoms with Crippen LogP contribution in [0.2, 0.25) is 0 Å². The summed E-state index contributed by atoms with van der Waals surface area (Å²) in [5.41, 5.74) is 0.907. The summed E-state index contributed by atoms with van der Waals surface area (Å²) >= 11 is 0. The van der Waals surface area contributed by atoms with Gasteiger partial charge in [-0.25, -0.2) is 13.4 Å². The van der Waals surface area contributed by atoms with Gasteiger partial charge in [0.1, 0.15) is 5.75 Å². The molecule has 0 aromatic heterocycles. The van der Waals surface area contributed by atoms with E-state index in [0.29, 0.717) is 32.1 Å². The van der Waals surface area contributed by atoms with Crippen LogP contribution in [0.25, 0.3) is 0 Å². The van der Waals surface area contributed by atoms with Crippen molar-refractivity contribution in [3.05, 3.63) is 29.8 Å². The zero-order valence-corrected chi connectivity index (χ0v) is 14.7. The minimum absolute atomic E-state index is 0.135. The molecule has 23 heavy (non-hydrogen) atoms. The maximum atomic E-state index is 12.1. The third kappa shape index (κ3) is 4.16. The fraction of sp³-hybridized carbons (Fsp3) is 0.562. The summed E-state index contributed by atoms with van der Waals surface area (Å²) in [6, 6.07) is 6.98. The first-order chi connectivity index (χ1) is 10.7. The van der Waals surface area contributed by atoms with Gasteiger partial charge in [-0.05, 0) is 38.5 Å². The number of hydrogen-bond acceptors (Lipinski definition) is 4. The first-order valence-electron chi connectivity index (χ1n) is 7.78. The van der Waals surface area contributed by atoms with Gasteiger partial charge in [0.05, 0.1) is 17.0 Å². The molecule has 0 radical (unpaired) electrons. The lowest BCUT2D eigenvalue weighted by Crippen LogP contribution is -2.57. The quantitative estimate of drug-likeness (QED) is 0.642. The number of benzene rings is 1. The highest BCUT2D eigenvalue weighted by atomic mass is 32.2. The zero-order chi connectivity index (χ0) is 17.1. The molecule has 0 saturated carbocycles. The summed E-state index contributed by atoms with van der Waals surface area (Å²) < 4.78 is 23.5. The van der Waals surface area contributed by atoms with E-state index in [4.69, 9.17) is 0 Å². The third-order valence-electron chi connectivity index (χ3n) is 4.00. The molecule has 0 unspecified atom stereocenters. The lowest BCUT2D eigenvalue weighted by atomic mass is 10.2. The Morgan fingerprint density at radius 3 is 2.78 bits per heavy atom. The Morgan fingerprint density at radius 1 is 1.43 bits per heavy atom. The number of sulfone groups is 1. The number of hydrogen-bond donors (Lipinski definition) is 2. The number of aromatic hydroxyl groups is 1. The van der Waals surface area contributed by atoms with E-state index in [1.165, 1.54) is 0 Å². The second kappa shape index (κ2) is 6.78. The van der Waals surface area contributed by atoms with Gasteiger partial charge in [0.25, 0.3) is 0 Å². The summed E-state index contributed by atoms with van der Waals surface area (Å²) in [6.45, 7) is 7.50. The SMILES string of the molecule is CCNC(=NCc1cccc(O)c1)N1CCS(=O)(=O)C(C)(C)C1. The van der Waals surface area contributed by atoms with Crippen LogP contribution in [0.15, 0.2) is 29.3 Å². The number of nitrogens with zero attached hydrogens (tertiary/aromatic N) is 2. The van der Waals surface area contributed by atoms with Crippen LogP contribution in [-0.2, 0) is 16.4 Å². The standard InChI is InChI=1S/C16H25N3O3S/c1-4-17-15(18-11-13-6-5-7-14(20)10-13)19-8-9-23(21,22)16(2,3)12-19/h5-7,10,20H,4,8-9,11-12H2,1-3H3,(H,17,18). The number of phenolic OH excluding ortho intramolecular Hbond substituents is 1. The van der Waals surface area contributed by atoms with E-state index >= 15 is 0 Å². The van der Waals surface area contributed by atoms with E-state index in [9.17, 15) is 13.5 Å². The monoisotopic (exact) mass is 339 g/mol. The largest absolute Gasteiger partial charge is 0.508 e. The van der Waals surface area contributed by atoms with Gasteiger partial charge in [0.2, 0.25) is 0 Å². The average Bonchev–Trinajstić information content (AvgIpc) is 2.46. The highest BCUT2D eigenvalue weighted by molar-refractivity contribution is 7.92. The van der Waals surface area contributed by atoms with Crippen LogP contribution < -0.4 is 5.32 Å². The summed E-state index contributed by atoms with van der Waals surface area (Å²) in [5.74, 6) is 1.06.